The van der Waals surface area contributed by atoms with Crippen molar-refractivity contribution >= 4 is 5.97 Å². The van der Waals surface area contributed by atoms with Crippen LogP contribution in [0.25, 0.3) is 0 Å². The van der Waals surface area contributed by atoms with Gasteiger partial charge in [0.25, 0.3) is 0 Å². The van der Waals surface area contributed by atoms with E-state index in [1.165, 1.54) is 0 Å². The molecule has 3 nitrogen and oxygen atoms in total. The Labute approximate surface area is 83.4 Å². The fourth-order valence-corrected chi connectivity index (χ4v) is 2.22. The third kappa shape index (κ3) is 1.60. The predicted molar refractivity (Wildman–Crippen MR) is 51.4 cm³/mol. The highest BCUT2D eigenvalue weighted by Gasteiger charge is 2.43. The van der Waals surface area contributed by atoms with Gasteiger partial charge < -0.3 is 9.47 Å². The fraction of sp³-hybridized carbons (Fsp3) is 0.545. The predicted octanol–water partition coefficient (Wildman–Crippen LogP) is 1.80. The summed E-state index contributed by atoms with van der Waals surface area (Å²) >= 11 is 0. The topological polar surface area (TPSA) is 35.5 Å². The normalized spacial score (nSPS) is 34.1. The smallest absolute Gasteiger partial charge is 0.335 e. The second-order valence-corrected chi connectivity index (χ2v) is 3.81. The summed E-state index contributed by atoms with van der Waals surface area (Å²) in [4.78, 5) is 10.9. The molecule has 2 fully saturated rings. The van der Waals surface area contributed by atoms with Gasteiger partial charge in [-0.05, 0) is 19.3 Å². The van der Waals surface area contributed by atoms with E-state index in [-0.39, 0.29) is 12.0 Å². The monoisotopic (exact) mass is 194 g/mol. The lowest BCUT2D eigenvalue weighted by Crippen LogP contribution is -2.20. The van der Waals surface area contributed by atoms with Gasteiger partial charge >= 0.3 is 5.97 Å². The van der Waals surface area contributed by atoms with Crippen molar-refractivity contribution in [1.29, 1.82) is 0 Å². The van der Waals surface area contributed by atoms with Crippen LogP contribution in [0.4, 0.5) is 0 Å². The molecule has 2 rings (SSSR count). The van der Waals surface area contributed by atoms with Crippen LogP contribution in [0, 0.1) is 5.92 Å². The molecule has 0 aromatic carbocycles. The first-order valence-electron chi connectivity index (χ1n) is 4.89. The van der Waals surface area contributed by atoms with Crippen LogP contribution in [0.5, 0.6) is 0 Å². The van der Waals surface area contributed by atoms with Gasteiger partial charge in [0.15, 0.2) is 0 Å². The van der Waals surface area contributed by atoms with Gasteiger partial charge in [-0.3, -0.25) is 0 Å². The van der Waals surface area contributed by atoms with E-state index in [1.807, 2.05) is 0 Å². The standard InChI is InChI=1S/C11H14O3/c1-3-11(12)13-7(2)9-6-8-4-5-10(9)14-8/h3,8-10H,1-2,4-6H2. The highest BCUT2D eigenvalue weighted by atomic mass is 16.5. The number of fused-ring (bicyclic) bond motifs is 2. The van der Waals surface area contributed by atoms with Crippen molar-refractivity contribution in [2.75, 3.05) is 0 Å². The Morgan fingerprint density at radius 1 is 1.50 bits per heavy atom. The van der Waals surface area contributed by atoms with E-state index in [0.29, 0.717) is 11.9 Å². The van der Waals surface area contributed by atoms with E-state index in [1.54, 1.807) is 0 Å². The zero-order valence-corrected chi connectivity index (χ0v) is 8.07. The molecular weight excluding hydrogens is 180 g/mol. The molecule has 0 aliphatic carbocycles. The third-order valence-electron chi connectivity index (χ3n) is 2.92. The summed E-state index contributed by atoms with van der Waals surface area (Å²) in [5.41, 5.74) is 0. The minimum absolute atomic E-state index is 0.192. The number of hydrogen-bond acceptors (Lipinski definition) is 3. The maximum Gasteiger partial charge on any atom is 0.335 e. The lowest BCUT2D eigenvalue weighted by atomic mass is 9.88. The van der Waals surface area contributed by atoms with Gasteiger partial charge in [0.05, 0.1) is 12.2 Å². The van der Waals surface area contributed by atoms with Crippen molar-refractivity contribution in [2.24, 2.45) is 5.92 Å². The lowest BCUT2D eigenvalue weighted by molar-refractivity contribution is -0.134. The minimum atomic E-state index is -0.433. The maximum atomic E-state index is 10.9. The van der Waals surface area contributed by atoms with E-state index in [9.17, 15) is 4.79 Å². The number of rotatable bonds is 3. The van der Waals surface area contributed by atoms with Crippen LogP contribution in [-0.4, -0.2) is 18.2 Å². The summed E-state index contributed by atoms with van der Waals surface area (Å²) in [7, 11) is 0. The van der Waals surface area contributed by atoms with Crippen LogP contribution in [-0.2, 0) is 14.3 Å². The van der Waals surface area contributed by atoms with Crippen molar-refractivity contribution in [2.45, 2.75) is 31.5 Å². The Bertz CT molecular complexity index is 282. The highest BCUT2D eigenvalue weighted by molar-refractivity contribution is 5.82. The van der Waals surface area contributed by atoms with Crippen LogP contribution in [0.2, 0.25) is 0 Å². The molecule has 3 heteroatoms. The van der Waals surface area contributed by atoms with Gasteiger partial charge in [0, 0.05) is 12.0 Å². The van der Waals surface area contributed by atoms with Crippen LogP contribution in [0.1, 0.15) is 19.3 Å². The molecule has 3 unspecified atom stereocenters. The SMILES string of the molecule is C=CC(=O)OC(=C)C1CC2CCC1O2. The van der Waals surface area contributed by atoms with Gasteiger partial charge in [-0.25, -0.2) is 4.79 Å². The summed E-state index contributed by atoms with van der Waals surface area (Å²) in [5.74, 6) is 0.289. The second-order valence-electron chi connectivity index (χ2n) is 3.81. The number of carbonyl (C=O) groups excluding carboxylic acids is 1. The van der Waals surface area contributed by atoms with E-state index >= 15 is 0 Å². The molecule has 0 radical (unpaired) electrons. The molecule has 2 heterocycles. The van der Waals surface area contributed by atoms with Gasteiger partial charge in [-0.2, -0.15) is 0 Å². The van der Waals surface area contributed by atoms with Crippen LogP contribution >= 0.6 is 0 Å². The van der Waals surface area contributed by atoms with Gasteiger partial charge in [0.2, 0.25) is 0 Å². The molecule has 0 aromatic heterocycles. The highest BCUT2D eigenvalue weighted by Crippen LogP contribution is 2.42. The molecular formula is C11H14O3. The largest absolute Gasteiger partial charge is 0.428 e. The molecule has 3 atom stereocenters. The summed E-state index contributed by atoms with van der Waals surface area (Å²) in [6, 6.07) is 0. The zero-order valence-electron chi connectivity index (χ0n) is 8.07. The van der Waals surface area contributed by atoms with Gasteiger partial charge in [-0.15, -0.1) is 0 Å². The Kier molecular flexibility index (Phi) is 2.42. The lowest BCUT2D eigenvalue weighted by Gasteiger charge is -2.19. The first-order valence-corrected chi connectivity index (χ1v) is 4.89. The van der Waals surface area contributed by atoms with Crippen LogP contribution in [0.15, 0.2) is 25.0 Å². The molecule has 14 heavy (non-hydrogen) atoms. The van der Waals surface area contributed by atoms with Crippen molar-refractivity contribution in [3.05, 3.63) is 25.0 Å². The summed E-state index contributed by atoms with van der Waals surface area (Å²) in [6.07, 6.45) is 4.84. The third-order valence-corrected chi connectivity index (χ3v) is 2.92. The molecule has 2 saturated heterocycles. The molecule has 0 N–H and O–H groups in total. The molecule has 0 aromatic rings. The molecule has 0 spiro atoms. The molecule has 2 aliphatic heterocycles. The average Bonchev–Trinajstić information content (AvgIpc) is 2.78. The Morgan fingerprint density at radius 3 is 2.79 bits per heavy atom. The van der Waals surface area contributed by atoms with Crippen LogP contribution < -0.4 is 0 Å². The van der Waals surface area contributed by atoms with Crippen molar-refractivity contribution < 1.29 is 14.3 Å². The Morgan fingerprint density at radius 2 is 2.29 bits per heavy atom. The van der Waals surface area contributed by atoms with Crippen molar-refractivity contribution in [1.82, 2.24) is 0 Å². The van der Waals surface area contributed by atoms with Gasteiger partial charge in [0.1, 0.15) is 5.76 Å². The number of carbonyl (C=O) groups is 1. The van der Waals surface area contributed by atoms with E-state index in [2.05, 4.69) is 13.2 Å². The molecule has 0 amide bonds. The Balaban J connectivity index is 1.93. The zero-order chi connectivity index (χ0) is 10.1. The Hall–Kier alpha value is -1.09. The minimum Gasteiger partial charge on any atom is -0.428 e. The summed E-state index contributed by atoms with van der Waals surface area (Å²) < 4.78 is 10.6. The molecule has 2 aliphatic rings. The first kappa shape index (κ1) is 9.46. The quantitative estimate of drug-likeness (QED) is 0.390. The molecule has 0 saturated carbocycles. The first-order chi connectivity index (χ1) is 6.70. The van der Waals surface area contributed by atoms with E-state index in [4.69, 9.17) is 9.47 Å². The summed E-state index contributed by atoms with van der Waals surface area (Å²) in [5, 5.41) is 0. The van der Waals surface area contributed by atoms with E-state index in [0.717, 1.165) is 25.3 Å². The molecule has 76 valence electrons. The summed E-state index contributed by atoms with van der Waals surface area (Å²) in [6.45, 7) is 7.11. The number of esters is 1. The molecule has 2 bridgehead atoms. The average molecular weight is 194 g/mol. The maximum absolute atomic E-state index is 10.9. The van der Waals surface area contributed by atoms with Gasteiger partial charge in [-0.1, -0.05) is 13.2 Å². The van der Waals surface area contributed by atoms with E-state index < -0.39 is 5.97 Å². The van der Waals surface area contributed by atoms with Crippen LogP contribution in [0.3, 0.4) is 0 Å². The number of ether oxygens (including phenoxy) is 2. The second kappa shape index (κ2) is 3.58. The van der Waals surface area contributed by atoms with Crippen molar-refractivity contribution in [3.63, 3.8) is 0 Å². The fourth-order valence-electron chi connectivity index (χ4n) is 2.22. The number of hydrogen-bond donors (Lipinski definition) is 0. The van der Waals surface area contributed by atoms with Crippen molar-refractivity contribution in [3.8, 4) is 0 Å².